The highest BCUT2D eigenvalue weighted by Gasteiger charge is 2.28. The number of carbonyl (C=O) groups is 2. The van der Waals surface area contributed by atoms with E-state index in [1.807, 2.05) is 14.7 Å². The second-order valence-corrected chi connectivity index (χ2v) is 10.6. The molecule has 0 radical (unpaired) electrons. The maximum atomic E-state index is 13.9. The lowest BCUT2D eigenvalue weighted by Gasteiger charge is -2.36. The molecule has 3 saturated heterocycles. The molecular weight excluding hydrogens is 566 g/mol. The number of rotatable bonds is 9. The molecule has 234 valence electrons. The summed E-state index contributed by atoms with van der Waals surface area (Å²) in [5.74, 6) is 0.293. The monoisotopic (exact) mass is 604 g/mol. The van der Waals surface area contributed by atoms with Crippen molar-refractivity contribution in [2.24, 2.45) is 5.73 Å². The van der Waals surface area contributed by atoms with E-state index in [0.29, 0.717) is 84.0 Å². The first-order chi connectivity index (χ1) is 20.8. The summed E-state index contributed by atoms with van der Waals surface area (Å²) in [6, 6.07) is 0. The van der Waals surface area contributed by atoms with E-state index in [2.05, 4.69) is 29.8 Å². The minimum Gasteiger partial charge on any atom is -0.378 e. The molecule has 2 aromatic heterocycles. The molecular formula is C26H38F2N12O3. The molecule has 3 fully saturated rings. The number of piperazine rings is 2. The maximum absolute atomic E-state index is 13.9. The largest absolute Gasteiger partial charge is 0.378 e. The van der Waals surface area contributed by atoms with E-state index >= 15 is 0 Å². The lowest BCUT2D eigenvalue weighted by atomic mass is 10.2. The number of alkyl halides is 2. The topological polar surface area (TPSA) is 176 Å². The fourth-order valence-corrected chi connectivity index (χ4v) is 5.36. The van der Waals surface area contributed by atoms with Crippen LogP contribution in [0.1, 0.15) is 25.0 Å². The number of hydrogen-bond donors (Lipinski definition) is 2. The van der Waals surface area contributed by atoms with Gasteiger partial charge in [0.15, 0.2) is 5.82 Å². The van der Waals surface area contributed by atoms with E-state index in [0.717, 1.165) is 19.6 Å². The number of hydrogen-bond acceptors (Lipinski definition) is 13. The fraction of sp³-hybridized carbons (Fsp3) is 0.654. The van der Waals surface area contributed by atoms with E-state index in [9.17, 15) is 18.4 Å². The van der Waals surface area contributed by atoms with Crippen LogP contribution in [0.25, 0.3) is 11.4 Å². The minimum absolute atomic E-state index is 0.0115. The zero-order valence-corrected chi connectivity index (χ0v) is 24.1. The third-order valence-corrected chi connectivity index (χ3v) is 7.83. The van der Waals surface area contributed by atoms with Gasteiger partial charge in [-0.3, -0.25) is 14.5 Å². The van der Waals surface area contributed by atoms with Crippen LogP contribution >= 0.6 is 0 Å². The molecule has 0 aliphatic carbocycles. The molecule has 0 aromatic carbocycles. The molecule has 2 aromatic rings. The maximum Gasteiger partial charge on any atom is 0.281 e. The Kier molecular flexibility index (Phi) is 10.0. The first-order valence-corrected chi connectivity index (χ1v) is 14.5. The molecule has 5 heterocycles. The van der Waals surface area contributed by atoms with Crippen molar-refractivity contribution < 1.29 is 23.1 Å². The van der Waals surface area contributed by atoms with Gasteiger partial charge in [-0.1, -0.05) is 0 Å². The molecule has 43 heavy (non-hydrogen) atoms. The summed E-state index contributed by atoms with van der Waals surface area (Å²) in [7, 11) is 0. The van der Waals surface area contributed by atoms with Crippen molar-refractivity contribution in [3.05, 3.63) is 11.9 Å². The van der Waals surface area contributed by atoms with E-state index in [1.54, 1.807) is 4.90 Å². The summed E-state index contributed by atoms with van der Waals surface area (Å²) in [5, 5.41) is 0. The molecule has 0 unspecified atom stereocenters. The second kappa shape index (κ2) is 14.1. The third-order valence-electron chi connectivity index (χ3n) is 7.83. The normalized spacial score (nSPS) is 18.4. The van der Waals surface area contributed by atoms with Gasteiger partial charge in [0.05, 0.1) is 18.8 Å². The Bertz CT molecular complexity index is 1270. The number of aromatic nitrogens is 5. The number of carbonyl (C=O) groups excluding carboxylic acids is 2. The standard InChI is InChI=1S/C26H38F2N12O3/c27-22(28)21-18(17-31-24(30)32-21)23-33-25(35-26(34-23)40-13-15-43-16-14-40)39-11-9-38(10-12-39)20(42)2-1-19(41)37-7-5-36(4-3-29)6-8-37/h17,22H,1-16,29H2,(H2,30,31,32). The van der Waals surface area contributed by atoms with Crippen LogP contribution < -0.4 is 21.3 Å². The van der Waals surface area contributed by atoms with Crippen molar-refractivity contribution in [1.29, 1.82) is 0 Å². The highest BCUT2D eigenvalue weighted by atomic mass is 19.3. The zero-order chi connectivity index (χ0) is 30.3. The Labute approximate surface area is 248 Å². The average molecular weight is 605 g/mol. The predicted molar refractivity (Wildman–Crippen MR) is 153 cm³/mol. The molecule has 2 amide bonds. The first-order valence-electron chi connectivity index (χ1n) is 14.5. The van der Waals surface area contributed by atoms with Crippen LogP contribution in [-0.4, -0.2) is 143 Å². The number of amides is 2. The van der Waals surface area contributed by atoms with Gasteiger partial charge in [0, 0.05) is 97.6 Å². The van der Waals surface area contributed by atoms with Gasteiger partial charge in [0.2, 0.25) is 29.7 Å². The molecule has 0 atom stereocenters. The van der Waals surface area contributed by atoms with Crippen LogP contribution in [0.5, 0.6) is 0 Å². The van der Waals surface area contributed by atoms with Crippen LogP contribution in [0, 0.1) is 0 Å². The van der Waals surface area contributed by atoms with Crippen molar-refractivity contribution in [3.8, 4) is 11.4 Å². The lowest BCUT2D eigenvalue weighted by Crippen LogP contribution is -2.51. The van der Waals surface area contributed by atoms with Crippen LogP contribution in [-0.2, 0) is 14.3 Å². The van der Waals surface area contributed by atoms with Crippen molar-refractivity contribution in [2.45, 2.75) is 19.3 Å². The summed E-state index contributed by atoms with van der Waals surface area (Å²) >= 11 is 0. The zero-order valence-electron chi connectivity index (χ0n) is 24.1. The molecule has 15 nitrogen and oxygen atoms in total. The molecule has 17 heteroatoms. The molecule has 3 aliphatic heterocycles. The third kappa shape index (κ3) is 7.58. The fourth-order valence-electron chi connectivity index (χ4n) is 5.36. The van der Waals surface area contributed by atoms with Gasteiger partial charge in [-0.05, 0) is 0 Å². The predicted octanol–water partition coefficient (Wildman–Crippen LogP) is -0.783. The quantitative estimate of drug-likeness (QED) is 0.365. The van der Waals surface area contributed by atoms with Crippen LogP contribution in [0.4, 0.5) is 26.6 Å². The van der Waals surface area contributed by atoms with Gasteiger partial charge >= 0.3 is 0 Å². The molecule has 0 bridgehead atoms. The molecule has 0 saturated carbocycles. The van der Waals surface area contributed by atoms with Crippen molar-refractivity contribution in [3.63, 3.8) is 0 Å². The Morgan fingerprint density at radius 1 is 0.814 bits per heavy atom. The summed E-state index contributed by atoms with van der Waals surface area (Å²) in [4.78, 5) is 56.5. The highest BCUT2D eigenvalue weighted by Crippen LogP contribution is 2.30. The van der Waals surface area contributed by atoms with Gasteiger partial charge in [0.25, 0.3) is 6.43 Å². The van der Waals surface area contributed by atoms with E-state index in [-0.39, 0.29) is 42.0 Å². The minimum atomic E-state index is -2.91. The average Bonchev–Trinajstić information content (AvgIpc) is 3.04. The molecule has 5 rings (SSSR count). The number of nitrogen functional groups attached to an aromatic ring is 1. The van der Waals surface area contributed by atoms with E-state index < -0.39 is 12.1 Å². The smallest absolute Gasteiger partial charge is 0.281 e. The molecule has 4 N–H and O–H groups in total. The van der Waals surface area contributed by atoms with Crippen LogP contribution in [0.2, 0.25) is 0 Å². The number of nitrogens with zero attached hydrogens (tertiary/aromatic N) is 10. The number of morpholine rings is 1. The molecule has 3 aliphatic rings. The summed E-state index contributed by atoms with van der Waals surface area (Å²) in [6.45, 7) is 7.99. The van der Waals surface area contributed by atoms with Gasteiger partial charge in [0.1, 0.15) is 5.69 Å². The van der Waals surface area contributed by atoms with Gasteiger partial charge < -0.3 is 35.8 Å². The van der Waals surface area contributed by atoms with Crippen LogP contribution in [0.3, 0.4) is 0 Å². The van der Waals surface area contributed by atoms with Crippen molar-refractivity contribution in [2.75, 3.05) is 107 Å². The number of ether oxygens (including phenoxy) is 1. The summed E-state index contributed by atoms with van der Waals surface area (Å²) in [6.07, 6.45) is -1.39. The van der Waals surface area contributed by atoms with Crippen molar-refractivity contribution in [1.82, 2.24) is 39.6 Å². The number of nitrogens with two attached hydrogens (primary N) is 2. The Hall–Kier alpha value is -3.83. The summed E-state index contributed by atoms with van der Waals surface area (Å²) in [5.41, 5.74) is 10.6. The van der Waals surface area contributed by atoms with Gasteiger partial charge in [-0.15, -0.1) is 0 Å². The van der Waals surface area contributed by atoms with Crippen molar-refractivity contribution >= 4 is 29.7 Å². The Morgan fingerprint density at radius 3 is 1.93 bits per heavy atom. The second-order valence-electron chi connectivity index (χ2n) is 10.6. The Balaban J connectivity index is 1.23. The van der Waals surface area contributed by atoms with Gasteiger partial charge in [-0.25, -0.2) is 18.7 Å². The van der Waals surface area contributed by atoms with E-state index in [4.69, 9.17) is 16.2 Å². The highest BCUT2D eigenvalue weighted by molar-refractivity contribution is 5.84. The van der Waals surface area contributed by atoms with E-state index in [1.165, 1.54) is 6.20 Å². The van der Waals surface area contributed by atoms with Gasteiger partial charge in [-0.2, -0.15) is 15.0 Å². The Morgan fingerprint density at radius 2 is 1.37 bits per heavy atom. The van der Waals surface area contributed by atoms with Crippen LogP contribution in [0.15, 0.2) is 6.20 Å². The number of anilines is 3. The lowest BCUT2D eigenvalue weighted by molar-refractivity contribution is -0.138. The first kappa shape index (κ1) is 30.6. The summed E-state index contributed by atoms with van der Waals surface area (Å²) < 4.78 is 33.2. The SMILES string of the molecule is NCCN1CCN(C(=O)CCC(=O)N2CCN(c3nc(-c4cnc(N)nc4C(F)F)nc(N4CCOCC4)n3)CC2)CC1. The number of halogens is 2. The molecule has 0 spiro atoms.